The molecule has 0 aliphatic carbocycles. The van der Waals surface area contributed by atoms with Gasteiger partial charge in [-0.05, 0) is 36.8 Å². The van der Waals surface area contributed by atoms with Crippen LogP contribution in [0.25, 0.3) is 16.7 Å². The first-order valence-electron chi connectivity index (χ1n) is 9.07. The number of amides is 1. The van der Waals surface area contributed by atoms with E-state index in [1.54, 1.807) is 18.0 Å². The summed E-state index contributed by atoms with van der Waals surface area (Å²) in [4.78, 5) is 20.8. The minimum absolute atomic E-state index is 0.187. The number of benzene rings is 2. The third-order valence-corrected chi connectivity index (χ3v) is 4.49. The molecule has 0 aliphatic rings. The molecule has 8 heteroatoms. The Labute approximate surface area is 167 Å². The molecule has 2 heterocycles. The van der Waals surface area contributed by atoms with E-state index in [2.05, 4.69) is 25.9 Å². The van der Waals surface area contributed by atoms with E-state index in [1.165, 1.54) is 11.9 Å². The SMILES string of the molecule is COc1ccc(CC(=O)NNc2ncnc3c2cnn3-c2ccc(C)cc2)cc1. The van der Waals surface area contributed by atoms with Gasteiger partial charge in [0.2, 0.25) is 5.91 Å². The fraction of sp³-hybridized carbons (Fsp3) is 0.143. The van der Waals surface area contributed by atoms with Gasteiger partial charge in [-0.3, -0.25) is 15.6 Å². The highest BCUT2D eigenvalue weighted by molar-refractivity contribution is 5.88. The standard InChI is InChI=1S/C21H20N6O2/c1-14-3-7-16(8-4-14)27-21-18(12-24-27)20(22-13-23-21)26-25-19(28)11-15-5-9-17(29-2)10-6-15/h3-10,12-13H,11H2,1-2H3,(H,25,28)(H,22,23,26). The number of methoxy groups -OCH3 is 1. The van der Waals surface area contributed by atoms with E-state index in [9.17, 15) is 4.79 Å². The number of anilines is 1. The predicted molar refractivity (Wildman–Crippen MR) is 110 cm³/mol. The van der Waals surface area contributed by atoms with Crippen molar-refractivity contribution in [1.29, 1.82) is 0 Å². The summed E-state index contributed by atoms with van der Waals surface area (Å²) in [6.07, 6.45) is 3.34. The molecule has 1 amide bonds. The van der Waals surface area contributed by atoms with Crippen LogP contribution in [0, 0.1) is 6.92 Å². The fourth-order valence-electron chi connectivity index (χ4n) is 2.92. The van der Waals surface area contributed by atoms with E-state index in [-0.39, 0.29) is 12.3 Å². The van der Waals surface area contributed by atoms with Crippen LogP contribution in [0.4, 0.5) is 5.82 Å². The first-order chi connectivity index (χ1) is 14.1. The van der Waals surface area contributed by atoms with Crippen LogP contribution in [0.3, 0.4) is 0 Å². The van der Waals surface area contributed by atoms with E-state index in [0.29, 0.717) is 16.9 Å². The Morgan fingerprint density at radius 1 is 1.07 bits per heavy atom. The second kappa shape index (κ2) is 7.97. The van der Waals surface area contributed by atoms with Crippen LogP contribution in [0.5, 0.6) is 5.75 Å². The predicted octanol–water partition coefficient (Wildman–Crippen LogP) is 2.82. The maximum absolute atomic E-state index is 12.3. The molecule has 2 N–H and O–H groups in total. The van der Waals surface area contributed by atoms with Gasteiger partial charge in [-0.2, -0.15) is 5.10 Å². The molecular weight excluding hydrogens is 368 g/mol. The van der Waals surface area contributed by atoms with Gasteiger partial charge in [-0.15, -0.1) is 0 Å². The van der Waals surface area contributed by atoms with Gasteiger partial charge >= 0.3 is 0 Å². The van der Waals surface area contributed by atoms with Gasteiger partial charge in [0.15, 0.2) is 11.5 Å². The molecule has 8 nitrogen and oxygen atoms in total. The molecule has 146 valence electrons. The van der Waals surface area contributed by atoms with Crippen LogP contribution in [0.15, 0.2) is 61.1 Å². The smallest absolute Gasteiger partial charge is 0.242 e. The summed E-state index contributed by atoms with van der Waals surface area (Å²) in [5, 5.41) is 5.12. The van der Waals surface area contributed by atoms with Gasteiger partial charge in [0.05, 0.1) is 30.8 Å². The Morgan fingerprint density at radius 2 is 1.83 bits per heavy atom. The van der Waals surface area contributed by atoms with Crippen LogP contribution >= 0.6 is 0 Å². The number of aryl methyl sites for hydroxylation is 1. The Balaban J connectivity index is 1.48. The highest BCUT2D eigenvalue weighted by Gasteiger charge is 2.12. The zero-order valence-corrected chi connectivity index (χ0v) is 16.1. The maximum atomic E-state index is 12.3. The maximum Gasteiger partial charge on any atom is 0.242 e. The second-order valence-electron chi connectivity index (χ2n) is 6.55. The minimum atomic E-state index is -0.187. The number of aromatic nitrogens is 4. The van der Waals surface area contributed by atoms with Gasteiger partial charge < -0.3 is 4.74 Å². The lowest BCUT2D eigenvalue weighted by Crippen LogP contribution is -2.31. The number of hydrazine groups is 1. The number of carbonyl (C=O) groups is 1. The van der Waals surface area contributed by atoms with Crippen LogP contribution in [0.1, 0.15) is 11.1 Å². The van der Waals surface area contributed by atoms with Crippen molar-refractivity contribution < 1.29 is 9.53 Å². The molecule has 0 bridgehead atoms. The van der Waals surface area contributed by atoms with E-state index < -0.39 is 0 Å². The quantitative estimate of drug-likeness (QED) is 0.493. The van der Waals surface area contributed by atoms with Crippen LogP contribution < -0.4 is 15.6 Å². The second-order valence-corrected chi connectivity index (χ2v) is 6.55. The van der Waals surface area contributed by atoms with Crippen LogP contribution in [0.2, 0.25) is 0 Å². The number of nitrogens with zero attached hydrogens (tertiary/aromatic N) is 4. The summed E-state index contributed by atoms with van der Waals surface area (Å²) in [6, 6.07) is 15.3. The number of rotatable bonds is 6. The van der Waals surface area contributed by atoms with E-state index >= 15 is 0 Å². The summed E-state index contributed by atoms with van der Waals surface area (Å²) in [6.45, 7) is 2.03. The molecule has 0 aliphatic heterocycles. The Morgan fingerprint density at radius 3 is 2.55 bits per heavy atom. The van der Waals surface area contributed by atoms with Crippen molar-refractivity contribution in [1.82, 2.24) is 25.2 Å². The number of hydrogen-bond donors (Lipinski definition) is 2. The molecule has 4 aromatic rings. The molecule has 0 saturated heterocycles. The Kier molecular flexibility index (Phi) is 5.07. The van der Waals surface area contributed by atoms with Crippen LogP contribution in [-0.4, -0.2) is 32.8 Å². The van der Waals surface area contributed by atoms with Crippen molar-refractivity contribution in [2.24, 2.45) is 0 Å². The fourth-order valence-corrected chi connectivity index (χ4v) is 2.92. The number of carbonyl (C=O) groups excluding carboxylic acids is 1. The first kappa shape index (κ1) is 18.4. The zero-order valence-electron chi connectivity index (χ0n) is 16.1. The molecule has 0 saturated carbocycles. The molecule has 0 unspecified atom stereocenters. The Hall–Kier alpha value is -3.94. The van der Waals surface area contributed by atoms with Crippen molar-refractivity contribution in [3.05, 3.63) is 72.2 Å². The van der Waals surface area contributed by atoms with Gasteiger partial charge in [0.25, 0.3) is 0 Å². The lowest BCUT2D eigenvalue weighted by Gasteiger charge is -2.09. The van der Waals surface area contributed by atoms with Crippen molar-refractivity contribution in [3.63, 3.8) is 0 Å². The highest BCUT2D eigenvalue weighted by Crippen LogP contribution is 2.21. The molecule has 0 radical (unpaired) electrons. The number of hydrogen-bond acceptors (Lipinski definition) is 6. The van der Waals surface area contributed by atoms with Gasteiger partial charge in [0.1, 0.15) is 12.1 Å². The molecular formula is C21H20N6O2. The monoisotopic (exact) mass is 388 g/mol. The first-order valence-corrected chi connectivity index (χ1v) is 9.07. The molecule has 4 rings (SSSR count). The molecule has 0 fully saturated rings. The normalized spacial score (nSPS) is 10.7. The lowest BCUT2D eigenvalue weighted by atomic mass is 10.1. The average Bonchev–Trinajstić information content (AvgIpc) is 3.18. The van der Waals surface area contributed by atoms with Crippen molar-refractivity contribution in [2.45, 2.75) is 13.3 Å². The third kappa shape index (κ3) is 4.01. The summed E-state index contributed by atoms with van der Waals surface area (Å²) in [5.74, 6) is 1.05. The van der Waals surface area contributed by atoms with Crippen molar-refractivity contribution in [2.75, 3.05) is 12.5 Å². The summed E-state index contributed by atoms with van der Waals surface area (Å²) < 4.78 is 6.86. The van der Waals surface area contributed by atoms with Crippen LogP contribution in [-0.2, 0) is 11.2 Å². The summed E-state index contributed by atoms with van der Waals surface area (Å²) in [7, 11) is 1.61. The largest absolute Gasteiger partial charge is 0.497 e. The number of fused-ring (bicyclic) bond motifs is 1. The van der Waals surface area contributed by atoms with Crippen molar-refractivity contribution in [3.8, 4) is 11.4 Å². The van der Waals surface area contributed by atoms with E-state index in [4.69, 9.17) is 4.74 Å². The van der Waals surface area contributed by atoms with Crippen molar-refractivity contribution >= 4 is 22.8 Å². The molecule has 0 atom stereocenters. The number of nitrogens with one attached hydrogen (secondary N) is 2. The van der Waals surface area contributed by atoms with Gasteiger partial charge in [-0.25, -0.2) is 14.6 Å². The zero-order chi connectivity index (χ0) is 20.2. The summed E-state index contributed by atoms with van der Waals surface area (Å²) >= 11 is 0. The highest BCUT2D eigenvalue weighted by atomic mass is 16.5. The third-order valence-electron chi connectivity index (χ3n) is 4.49. The van der Waals surface area contributed by atoms with Gasteiger partial charge in [0, 0.05) is 0 Å². The molecule has 29 heavy (non-hydrogen) atoms. The topological polar surface area (TPSA) is 94.0 Å². The Bertz CT molecular complexity index is 1140. The minimum Gasteiger partial charge on any atom is -0.497 e. The molecule has 2 aromatic heterocycles. The lowest BCUT2D eigenvalue weighted by molar-refractivity contribution is -0.119. The average molecular weight is 388 g/mol. The van der Waals surface area contributed by atoms with Gasteiger partial charge in [-0.1, -0.05) is 29.8 Å². The molecule has 2 aromatic carbocycles. The summed E-state index contributed by atoms with van der Waals surface area (Å²) in [5.41, 5.74) is 9.15. The number of ether oxygens (including phenoxy) is 1. The van der Waals surface area contributed by atoms with E-state index in [1.807, 2.05) is 55.5 Å². The molecule has 0 spiro atoms. The van der Waals surface area contributed by atoms with E-state index in [0.717, 1.165) is 17.0 Å².